The molecule has 1 heterocycles. The van der Waals surface area contributed by atoms with Crippen LogP contribution in [0.3, 0.4) is 0 Å². The Morgan fingerprint density at radius 2 is 1.65 bits per heavy atom. The van der Waals surface area contributed by atoms with Crippen molar-refractivity contribution in [1.29, 1.82) is 0 Å². The van der Waals surface area contributed by atoms with Gasteiger partial charge in [0.25, 0.3) is 0 Å². The molecule has 4 nitrogen and oxygen atoms in total. The summed E-state index contributed by atoms with van der Waals surface area (Å²) in [7, 11) is 0. The Labute approximate surface area is 155 Å². The highest BCUT2D eigenvalue weighted by atomic mass is 16.2. The van der Waals surface area contributed by atoms with Crippen LogP contribution in [0.5, 0.6) is 0 Å². The number of carbonyl (C=O) groups is 2. The number of amides is 2. The van der Waals surface area contributed by atoms with Gasteiger partial charge in [-0.3, -0.25) is 9.59 Å². The van der Waals surface area contributed by atoms with Crippen molar-refractivity contribution in [3.63, 3.8) is 0 Å². The standard InChI is InChI=1S/C22H26N2O2/c1-16-13-23(15-25)19-7-5-6-8-20(19)24(21(16)26)14-17-9-11-18(12-10-17)22(2,3)4/h5-12,15-16H,13-14H2,1-4H3. The number of para-hydroxylation sites is 2. The molecule has 3 rings (SSSR count). The van der Waals surface area contributed by atoms with E-state index in [-0.39, 0.29) is 17.2 Å². The van der Waals surface area contributed by atoms with Crippen LogP contribution in [0.1, 0.15) is 38.8 Å². The topological polar surface area (TPSA) is 40.6 Å². The monoisotopic (exact) mass is 350 g/mol. The lowest BCUT2D eigenvalue weighted by molar-refractivity contribution is -0.121. The molecule has 136 valence electrons. The minimum atomic E-state index is -0.249. The molecule has 2 aromatic rings. The predicted octanol–water partition coefficient (Wildman–Crippen LogP) is 4.13. The lowest BCUT2D eigenvalue weighted by Gasteiger charge is -2.25. The number of benzene rings is 2. The van der Waals surface area contributed by atoms with Crippen LogP contribution in [0.25, 0.3) is 0 Å². The van der Waals surface area contributed by atoms with E-state index in [4.69, 9.17) is 0 Å². The molecule has 26 heavy (non-hydrogen) atoms. The van der Waals surface area contributed by atoms with Crippen LogP contribution in [0.4, 0.5) is 11.4 Å². The lowest BCUT2D eigenvalue weighted by Crippen LogP contribution is -2.36. The highest BCUT2D eigenvalue weighted by Gasteiger charge is 2.31. The molecule has 0 aromatic heterocycles. The van der Waals surface area contributed by atoms with Crippen molar-refractivity contribution in [2.45, 2.75) is 39.7 Å². The second-order valence-electron chi connectivity index (χ2n) is 8.02. The highest BCUT2D eigenvalue weighted by molar-refractivity contribution is 6.02. The zero-order valence-corrected chi connectivity index (χ0v) is 15.9. The fourth-order valence-corrected chi connectivity index (χ4v) is 3.35. The van der Waals surface area contributed by atoms with Crippen LogP contribution in [-0.4, -0.2) is 18.9 Å². The first-order valence-corrected chi connectivity index (χ1v) is 9.03. The van der Waals surface area contributed by atoms with Gasteiger partial charge >= 0.3 is 0 Å². The molecule has 0 N–H and O–H groups in total. The third kappa shape index (κ3) is 3.50. The van der Waals surface area contributed by atoms with Gasteiger partial charge in [0, 0.05) is 6.54 Å². The summed E-state index contributed by atoms with van der Waals surface area (Å²) in [6.45, 7) is 9.33. The van der Waals surface area contributed by atoms with Crippen molar-refractivity contribution in [3.8, 4) is 0 Å². The maximum Gasteiger partial charge on any atom is 0.231 e. The number of carbonyl (C=O) groups excluding carboxylic acids is 2. The van der Waals surface area contributed by atoms with E-state index < -0.39 is 0 Å². The van der Waals surface area contributed by atoms with Crippen LogP contribution >= 0.6 is 0 Å². The minimum Gasteiger partial charge on any atom is -0.312 e. The van der Waals surface area contributed by atoms with Crippen LogP contribution in [0, 0.1) is 5.92 Å². The summed E-state index contributed by atoms with van der Waals surface area (Å²) >= 11 is 0. The van der Waals surface area contributed by atoms with Gasteiger partial charge in [-0.1, -0.05) is 64.1 Å². The molecular weight excluding hydrogens is 324 g/mol. The summed E-state index contributed by atoms with van der Waals surface area (Å²) < 4.78 is 0. The Morgan fingerprint density at radius 1 is 1.04 bits per heavy atom. The van der Waals surface area contributed by atoms with Gasteiger partial charge in [-0.15, -0.1) is 0 Å². The Bertz CT molecular complexity index is 806. The lowest BCUT2D eigenvalue weighted by atomic mass is 9.87. The Kier molecular flexibility index (Phi) is 4.86. The summed E-state index contributed by atoms with van der Waals surface area (Å²) in [6.07, 6.45) is 0.810. The number of rotatable bonds is 3. The first kappa shape index (κ1) is 18.2. The molecule has 2 aromatic carbocycles. The molecule has 0 fully saturated rings. The average Bonchev–Trinajstić information content (AvgIpc) is 2.72. The van der Waals surface area contributed by atoms with Gasteiger partial charge < -0.3 is 9.80 Å². The summed E-state index contributed by atoms with van der Waals surface area (Å²) in [5.41, 5.74) is 4.01. The number of hydrogen-bond acceptors (Lipinski definition) is 2. The van der Waals surface area contributed by atoms with Gasteiger partial charge in [0.05, 0.1) is 23.8 Å². The van der Waals surface area contributed by atoms with E-state index in [9.17, 15) is 9.59 Å². The molecule has 1 unspecified atom stereocenters. The number of fused-ring (bicyclic) bond motifs is 1. The predicted molar refractivity (Wildman–Crippen MR) is 105 cm³/mol. The molecule has 2 amide bonds. The molecule has 1 aliphatic rings. The van der Waals surface area contributed by atoms with Gasteiger partial charge in [-0.25, -0.2) is 0 Å². The molecule has 1 atom stereocenters. The first-order chi connectivity index (χ1) is 12.3. The maximum absolute atomic E-state index is 13.0. The molecule has 4 heteroatoms. The second kappa shape index (κ2) is 6.94. The fourth-order valence-electron chi connectivity index (χ4n) is 3.35. The minimum absolute atomic E-state index is 0.0432. The number of anilines is 2. The Morgan fingerprint density at radius 3 is 2.23 bits per heavy atom. The van der Waals surface area contributed by atoms with Gasteiger partial charge in [0.15, 0.2) is 0 Å². The molecule has 0 bridgehead atoms. The van der Waals surface area contributed by atoms with Crippen LogP contribution in [-0.2, 0) is 21.5 Å². The van der Waals surface area contributed by atoms with E-state index in [1.54, 1.807) is 9.80 Å². The Balaban J connectivity index is 1.96. The summed E-state index contributed by atoms with van der Waals surface area (Å²) in [5.74, 6) is -0.205. The Hall–Kier alpha value is -2.62. The molecule has 0 aliphatic carbocycles. The van der Waals surface area contributed by atoms with E-state index in [2.05, 4.69) is 45.0 Å². The zero-order valence-electron chi connectivity index (χ0n) is 15.9. The average molecular weight is 350 g/mol. The van der Waals surface area contributed by atoms with E-state index >= 15 is 0 Å². The van der Waals surface area contributed by atoms with Gasteiger partial charge in [0.1, 0.15) is 0 Å². The van der Waals surface area contributed by atoms with Crippen LogP contribution < -0.4 is 9.80 Å². The second-order valence-corrected chi connectivity index (χ2v) is 8.02. The molecule has 1 aliphatic heterocycles. The molecule has 0 radical (unpaired) electrons. The summed E-state index contributed by atoms with van der Waals surface area (Å²) in [5, 5.41) is 0. The molecule has 0 spiro atoms. The zero-order chi connectivity index (χ0) is 18.9. The largest absolute Gasteiger partial charge is 0.312 e. The van der Waals surface area contributed by atoms with E-state index in [1.165, 1.54) is 5.56 Å². The van der Waals surface area contributed by atoms with Crippen molar-refractivity contribution in [2.75, 3.05) is 16.3 Å². The third-order valence-corrected chi connectivity index (χ3v) is 4.93. The van der Waals surface area contributed by atoms with E-state index in [0.717, 1.165) is 23.3 Å². The van der Waals surface area contributed by atoms with Crippen molar-refractivity contribution in [2.24, 2.45) is 5.92 Å². The van der Waals surface area contributed by atoms with E-state index in [1.807, 2.05) is 31.2 Å². The van der Waals surface area contributed by atoms with E-state index in [0.29, 0.717) is 13.1 Å². The summed E-state index contributed by atoms with van der Waals surface area (Å²) in [6, 6.07) is 16.0. The van der Waals surface area contributed by atoms with Crippen molar-refractivity contribution in [3.05, 3.63) is 59.7 Å². The van der Waals surface area contributed by atoms with Crippen molar-refractivity contribution >= 4 is 23.7 Å². The van der Waals surface area contributed by atoms with Crippen LogP contribution in [0.2, 0.25) is 0 Å². The SMILES string of the molecule is CC1CN(C=O)c2ccccc2N(Cc2ccc(C(C)(C)C)cc2)C1=O. The highest BCUT2D eigenvalue weighted by Crippen LogP contribution is 2.34. The number of hydrogen-bond donors (Lipinski definition) is 0. The van der Waals surface area contributed by atoms with Gasteiger partial charge in [0.2, 0.25) is 12.3 Å². The van der Waals surface area contributed by atoms with Gasteiger partial charge in [-0.05, 0) is 28.7 Å². The normalized spacial score (nSPS) is 17.7. The summed E-state index contributed by atoms with van der Waals surface area (Å²) in [4.78, 5) is 27.9. The van der Waals surface area contributed by atoms with Gasteiger partial charge in [-0.2, -0.15) is 0 Å². The van der Waals surface area contributed by atoms with Crippen molar-refractivity contribution < 1.29 is 9.59 Å². The maximum atomic E-state index is 13.0. The molecule has 0 saturated heterocycles. The number of nitrogens with zero attached hydrogens (tertiary/aromatic N) is 2. The van der Waals surface area contributed by atoms with Crippen molar-refractivity contribution in [1.82, 2.24) is 0 Å². The smallest absolute Gasteiger partial charge is 0.231 e. The quantitative estimate of drug-likeness (QED) is 0.781. The molecule has 0 saturated carbocycles. The fraction of sp³-hybridized carbons (Fsp3) is 0.364. The third-order valence-electron chi connectivity index (χ3n) is 4.93. The first-order valence-electron chi connectivity index (χ1n) is 9.03. The molecular formula is C22H26N2O2. The van der Waals surface area contributed by atoms with Crippen LogP contribution in [0.15, 0.2) is 48.5 Å².